The highest BCUT2D eigenvalue weighted by molar-refractivity contribution is 5.97. The smallest absolute Gasteiger partial charge is 0.0508 e. The largest absolute Gasteiger partial charge is 0.310 e. The summed E-state index contributed by atoms with van der Waals surface area (Å²) < 4.78 is 0. The van der Waals surface area contributed by atoms with E-state index in [0.717, 1.165) is 11.4 Å². The zero-order valence-corrected chi connectivity index (χ0v) is 27.2. The van der Waals surface area contributed by atoms with Crippen molar-refractivity contribution in [1.29, 1.82) is 0 Å². The molecule has 48 heavy (non-hydrogen) atoms. The van der Waals surface area contributed by atoms with Gasteiger partial charge >= 0.3 is 0 Å². The lowest BCUT2D eigenvalue weighted by Gasteiger charge is -2.32. The van der Waals surface area contributed by atoms with E-state index in [2.05, 4.69) is 195 Å². The van der Waals surface area contributed by atoms with E-state index in [9.17, 15) is 0 Å². The molecule has 0 aromatic heterocycles. The molecule has 0 saturated heterocycles. The number of rotatable bonds is 5. The first kappa shape index (κ1) is 28.3. The van der Waals surface area contributed by atoms with Crippen molar-refractivity contribution in [2.24, 2.45) is 0 Å². The van der Waals surface area contributed by atoms with E-state index in [0.29, 0.717) is 0 Å². The summed E-state index contributed by atoms with van der Waals surface area (Å²) in [5, 5.41) is 5.09. The molecule has 0 saturated carbocycles. The maximum atomic E-state index is 2.45. The van der Waals surface area contributed by atoms with Crippen LogP contribution in [0.1, 0.15) is 25.0 Å². The fraction of sp³-hybridized carbons (Fsp3) is 0.0638. The summed E-state index contributed by atoms with van der Waals surface area (Å²) in [6, 6.07) is 64.4. The maximum absolute atomic E-state index is 2.45. The first-order valence-electron chi connectivity index (χ1n) is 16.8. The van der Waals surface area contributed by atoms with Crippen LogP contribution < -0.4 is 4.90 Å². The second kappa shape index (κ2) is 11.1. The minimum Gasteiger partial charge on any atom is -0.310 e. The first-order valence-corrected chi connectivity index (χ1v) is 16.8. The van der Waals surface area contributed by atoms with Crippen LogP contribution in [-0.2, 0) is 5.41 Å². The maximum Gasteiger partial charge on any atom is 0.0508 e. The Morgan fingerprint density at radius 1 is 0.375 bits per heavy atom. The Morgan fingerprint density at radius 3 is 1.56 bits per heavy atom. The Hall–Kier alpha value is -5.92. The van der Waals surface area contributed by atoms with Crippen LogP contribution in [0, 0.1) is 0 Å². The molecule has 8 aromatic rings. The van der Waals surface area contributed by atoms with E-state index in [1.54, 1.807) is 0 Å². The molecule has 0 radical (unpaired) electrons. The predicted octanol–water partition coefficient (Wildman–Crippen LogP) is 13.1. The molecule has 0 atom stereocenters. The highest BCUT2D eigenvalue weighted by atomic mass is 15.1. The first-order chi connectivity index (χ1) is 23.5. The molecule has 1 aliphatic rings. The molecule has 228 valence electrons. The molecule has 0 unspecified atom stereocenters. The summed E-state index contributed by atoms with van der Waals surface area (Å²) in [5.41, 5.74) is 13.6. The van der Waals surface area contributed by atoms with Gasteiger partial charge in [-0.05, 0) is 115 Å². The molecule has 1 heteroatoms. The van der Waals surface area contributed by atoms with E-state index in [1.165, 1.54) is 71.7 Å². The fourth-order valence-electron chi connectivity index (χ4n) is 7.76. The summed E-state index contributed by atoms with van der Waals surface area (Å²) in [7, 11) is 0. The minimum atomic E-state index is -0.182. The number of hydrogen-bond donors (Lipinski definition) is 0. The van der Waals surface area contributed by atoms with Crippen LogP contribution in [0.4, 0.5) is 17.1 Å². The monoisotopic (exact) mass is 613 g/mol. The van der Waals surface area contributed by atoms with E-state index in [4.69, 9.17) is 0 Å². The minimum absolute atomic E-state index is 0.182. The number of benzene rings is 8. The van der Waals surface area contributed by atoms with Gasteiger partial charge in [-0.3, -0.25) is 0 Å². The molecule has 0 spiro atoms. The Labute approximate surface area is 282 Å². The third-order valence-electron chi connectivity index (χ3n) is 10.2. The van der Waals surface area contributed by atoms with Crippen molar-refractivity contribution in [3.63, 3.8) is 0 Å². The Balaban J connectivity index is 1.20. The summed E-state index contributed by atoms with van der Waals surface area (Å²) >= 11 is 0. The Kier molecular flexibility index (Phi) is 6.55. The van der Waals surface area contributed by atoms with Gasteiger partial charge in [0.25, 0.3) is 0 Å². The van der Waals surface area contributed by atoms with Gasteiger partial charge in [-0.25, -0.2) is 0 Å². The van der Waals surface area contributed by atoms with Crippen molar-refractivity contribution in [2.45, 2.75) is 19.3 Å². The normalized spacial score (nSPS) is 13.0. The Morgan fingerprint density at radius 2 is 0.896 bits per heavy atom. The fourth-order valence-corrected chi connectivity index (χ4v) is 7.76. The summed E-state index contributed by atoms with van der Waals surface area (Å²) in [6.07, 6.45) is 0. The van der Waals surface area contributed by atoms with Crippen LogP contribution in [0.25, 0.3) is 54.9 Å². The quantitative estimate of drug-likeness (QED) is 0.187. The third-order valence-corrected chi connectivity index (χ3v) is 10.2. The van der Waals surface area contributed by atoms with E-state index in [1.807, 2.05) is 0 Å². The van der Waals surface area contributed by atoms with E-state index < -0.39 is 0 Å². The molecule has 1 nitrogen and oxygen atoms in total. The van der Waals surface area contributed by atoms with Crippen molar-refractivity contribution in [1.82, 2.24) is 0 Å². The average molecular weight is 614 g/mol. The van der Waals surface area contributed by atoms with Gasteiger partial charge in [0.1, 0.15) is 0 Å². The molecule has 9 rings (SSSR count). The molecule has 0 amide bonds. The van der Waals surface area contributed by atoms with Crippen LogP contribution in [0.3, 0.4) is 0 Å². The van der Waals surface area contributed by atoms with E-state index in [-0.39, 0.29) is 5.41 Å². The van der Waals surface area contributed by atoms with Crippen molar-refractivity contribution in [3.05, 3.63) is 187 Å². The summed E-state index contributed by atoms with van der Waals surface area (Å²) in [6.45, 7) is 4.77. The lowest BCUT2D eigenvalue weighted by molar-refractivity contribution is 0.661. The van der Waals surface area contributed by atoms with Gasteiger partial charge in [-0.15, -0.1) is 0 Å². The third kappa shape index (κ3) is 4.62. The van der Waals surface area contributed by atoms with Crippen molar-refractivity contribution >= 4 is 38.6 Å². The molecular weight excluding hydrogens is 579 g/mol. The molecule has 0 aliphatic heterocycles. The molecule has 0 heterocycles. The molecule has 8 aromatic carbocycles. The van der Waals surface area contributed by atoms with Crippen LogP contribution in [-0.4, -0.2) is 0 Å². The van der Waals surface area contributed by atoms with Gasteiger partial charge in [-0.1, -0.05) is 141 Å². The van der Waals surface area contributed by atoms with Gasteiger partial charge < -0.3 is 4.90 Å². The second-order valence-corrected chi connectivity index (χ2v) is 13.4. The van der Waals surface area contributed by atoms with Crippen molar-refractivity contribution < 1.29 is 0 Å². The van der Waals surface area contributed by atoms with Gasteiger partial charge in [0, 0.05) is 16.8 Å². The highest BCUT2D eigenvalue weighted by Crippen LogP contribution is 2.55. The number of anilines is 3. The van der Waals surface area contributed by atoms with Crippen LogP contribution in [0.2, 0.25) is 0 Å². The summed E-state index contributed by atoms with van der Waals surface area (Å²) in [5.74, 6) is 0. The standard InChI is InChI=1S/C47H35N/c1-47(2)44-31-38-16-9-8-15-37(38)30-43(44)42-17-10-18-45(46(42)47)48(40-25-21-34(22-26-40)32-11-4-3-5-12-32)41-27-23-35(24-28-41)39-20-19-33-13-6-7-14-36(33)29-39/h3-31H,1-2H3. The van der Waals surface area contributed by atoms with Crippen molar-refractivity contribution in [2.75, 3.05) is 4.90 Å². The highest BCUT2D eigenvalue weighted by Gasteiger charge is 2.39. The van der Waals surface area contributed by atoms with Crippen molar-refractivity contribution in [3.8, 4) is 33.4 Å². The Bertz CT molecular complexity index is 2450. The zero-order chi connectivity index (χ0) is 32.2. The number of fused-ring (bicyclic) bond motifs is 5. The van der Waals surface area contributed by atoms with Crippen LogP contribution >= 0.6 is 0 Å². The molecular formula is C47H35N. The number of nitrogens with zero attached hydrogens (tertiary/aromatic N) is 1. The van der Waals surface area contributed by atoms with Gasteiger partial charge in [0.2, 0.25) is 0 Å². The number of hydrogen-bond acceptors (Lipinski definition) is 1. The van der Waals surface area contributed by atoms with Gasteiger partial charge in [0.05, 0.1) is 5.69 Å². The van der Waals surface area contributed by atoms with Crippen LogP contribution in [0.15, 0.2) is 176 Å². The zero-order valence-electron chi connectivity index (χ0n) is 27.2. The molecule has 1 aliphatic carbocycles. The summed E-state index contributed by atoms with van der Waals surface area (Å²) in [4.78, 5) is 2.45. The van der Waals surface area contributed by atoms with Crippen LogP contribution in [0.5, 0.6) is 0 Å². The lowest BCUT2D eigenvalue weighted by Crippen LogP contribution is -2.20. The van der Waals surface area contributed by atoms with E-state index >= 15 is 0 Å². The predicted molar refractivity (Wildman–Crippen MR) is 205 cm³/mol. The lowest BCUT2D eigenvalue weighted by atomic mass is 9.80. The topological polar surface area (TPSA) is 3.24 Å². The van der Waals surface area contributed by atoms with Gasteiger partial charge in [-0.2, -0.15) is 0 Å². The molecule has 0 fully saturated rings. The second-order valence-electron chi connectivity index (χ2n) is 13.4. The average Bonchev–Trinajstić information content (AvgIpc) is 3.37. The molecule has 0 N–H and O–H groups in total. The van der Waals surface area contributed by atoms with Gasteiger partial charge in [0.15, 0.2) is 0 Å². The molecule has 0 bridgehead atoms. The SMILES string of the molecule is CC1(C)c2cc3ccccc3cc2-c2cccc(N(c3ccc(-c4ccccc4)cc3)c3ccc(-c4ccc5ccccc5c4)cc3)c21.